The number of rotatable bonds is 3. The summed E-state index contributed by atoms with van der Waals surface area (Å²) in [6, 6.07) is 1.59. The number of ether oxygens (including phenoxy) is 1. The molecule has 11 heteroatoms. The Balaban J connectivity index is 3.18. The zero-order valence-corrected chi connectivity index (χ0v) is 9.67. The molecular formula is C10H5F6NO4. The third kappa shape index (κ3) is 4.85. The third-order valence-electron chi connectivity index (χ3n) is 1.96. The van der Waals surface area contributed by atoms with E-state index in [-0.39, 0.29) is 0 Å². The van der Waals surface area contributed by atoms with E-state index in [2.05, 4.69) is 4.74 Å². The van der Waals surface area contributed by atoms with Crippen molar-refractivity contribution in [3.63, 3.8) is 0 Å². The summed E-state index contributed by atoms with van der Waals surface area (Å²) in [5.74, 6) is -5.44. The molecule has 5 nitrogen and oxygen atoms in total. The van der Waals surface area contributed by atoms with E-state index in [1.54, 1.807) is 0 Å². The van der Waals surface area contributed by atoms with E-state index < -0.39 is 41.4 Å². The van der Waals surface area contributed by atoms with E-state index >= 15 is 0 Å². The average molecular weight is 317 g/mol. The van der Waals surface area contributed by atoms with Crippen molar-refractivity contribution in [2.75, 3.05) is 5.32 Å². The lowest BCUT2D eigenvalue weighted by molar-refractivity contribution is -0.274. The minimum absolute atomic E-state index is 0.335. The number of nitrogens with one attached hydrogen (secondary N) is 1. The molecule has 0 bridgehead atoms. The molecule has 1 rings (SSSR count). The Morgan fingerprint density at radius 1 is 1.10 bits per heavy atom. The summed E-state index contributed by atoms with van der Waals surface area (Å²) in [4.78, 5) is 21.3. The molecule has 0 spiro atoms. The maximum Gasteiger partial charge on any atom is 0.573 e. The number of carbonyl (C=O) groups is 2. The second kappa shape index (κ2) is 5.50. The van der Waals surface area contributed by atoms with Gasteiger partial charge >= 0.3 is 24.4 Å². The smallest absolute Gasteiger partial charge is 0.478 e. The van der Waals surface area contributed by atoms with Gasteiger partial charge < -0.3 is 15.2 Å². The van der Waals surface area contributed by atoms with E-state index in [0.29, 0.717) is 18.2 Å². The molecule has 0 saturated heterocycles. The van der Waals surface area contributed by atoms with E-state index in [1.165, 1.54) is 0 Å². The molecular weight excluding hydrogens is 312 g/mol. The number of benzene rings is 1. The molecule has 1 aromatic rings. The third-order valence-corrected chi connectivity index (χ3v) is 1.96. The van der Waals surface area contributed by atoms with Crippen molar-refractivity contribution < 1.29 is 45.8 Å². The molecule has 1 amide bonds. The van der Waals surface area contributed by atoms with Crippen molar-refractivity contribution in [3.05, 3.63) is 23.8 Å². The molecule has 0 aliphatic rings. The molecule has 0 aliphatic heterocycles. The Morgan fingerprint density at radius 2 is 1.67 bits per heavy atom. The number of hydrogen-bond donors (Lipinski definition) is 2. The normalized spacial score (nSPS) is 11.9. The molecule has 0 unspecified atom stereocenters. The first-order valence-corrected chi connectivity index (χ1v) is 4.91. The van der Waals surface area contributed by atoms with Gasteiger partial charge in [-0.25, -0.2) is 4.79 Å². The fraction of sp³-hybridized carbons (Fsp3) is 0.200. The number of carboxylic acids is 1. The fourth-order valence-electron chi connectivity index (χ4n) is 1.16. The van der Waals surface area contributed by atoms with Crippen LogP contribution in [0.2, 0.25) is 0 Å². The fourth-order valence-corrected chi connectivity index (χ4v) is 1.16. The van der Waals surface area contributed by atoms with Crippen LogP contribution in [0.1, 0.15) is 10.4 Å². The Hall–Kier alpha value is -2.46. The lowest BCUT2D eigenvalue weighted by Crippen LogP contribution is -2.30. The van der Waals surface area contributed by atoms with Gasteiger partial charge in [0.1, 0.15) is 0 Å². The van der Waals surface area contributed by atoms with Crippen LogP contribution in [0, 0.1) is 0 Å². The molecule has 0 aromatic heterocycles. The van der Waals surface area contributed by atoms with Crippen molar-refractivity contribution in [2.45, 2.75) is 12.5 Å². The van der Waals surface area contributed by atoms with Crippen molar-refractivity contribution >= 4 is 17.6 Å². The van der Waals surface area contributed by atoms with Crippen LogP contribution in [0.25, 0.3) is 0 Å². The number of carbonyl (C=O) groups excluding carboxylic acids is 1. The molecule has 116 valence electrons. The molecule has 0 radical (unpaired) electrons. The molecule has 0 heterocycles. The summed E-state index contributed by atoms with van der Waals surface area (Å²) in [6.07, 6.45) is -10.6. The van der Waals surface area contributed by atoms with Gasteiger partial charge in [-0.15, -0.1) is 13.2 Å². The molecule has 2 N–H and O–H groups in total. The van der Waals surface area contributed by atoms with Crippen LogP contribution in [-0.4, -0.2) is 29.5 Å². The summed E-state index contributed by atoms with van der Waals surface area (Å²) in [5, 5.41) is 9.76. The van der Waals surface area contributed by atoms with Crippen molar-refractivity contribution in [1.29, 1.82) is 0 Å². The van der Waals surface area contributed by atoms with Crippen LogP contribution < -0.4 is 10.1 Å². The van der Waals surface area contributed by atoms with Crippen molar-refractivity contribution in [1.82, 2.24) is 0 Å². The highest BCUT2D eigenvalue weighted by atomic mass is 19.4. The first kappa shape index (κ1) is 16.6. The second-order valence-electron chi connectivity index (χ2n) is 3.52. The number of carboxylic acid groups (broad SMARTS) is 1. The Morgan fingerprint density at radius 3 is 2.10 bits per heavy atom. The second-order valence-corrected chi connectivity index (χ2v) is 3.52. The predicted octanol–water partition coefficient (Wildman–Crippen LogP) is 2.78. The summed E-state index contributed by atoms with van der Waals surface area (Å²) >= 11 is 0. The number of amides is 1. The highest BCUT2D eigenvalue weighted by Crippen LogP contribution is 2.32. The number of anilines is 1. The van der Waals surface area contributed by atoms with E-state index in [4.69, 9.17) is 5.11 Å². The molecule has 0 aliphatic carbocycles. The monoisotopic (exact) mass is 317 g/mol. The lowest BCUT2D eigenvalue weighted by Gasteiger charge is -2.15. The maximum absolute atomic E-state index is 12.1. The average Bonchev–Trinajstić information content (AvgIpc) is 2.27. The van der Waals surface area contributed by atoms with E-state index in [1.807, 2.05) is 0 Å². The maximum atomic E-state index is 12.1. The molecule has 0 atom stereocenters. The van der Waals surface area contributed by atoms with Gasteiger partial charge in [-0.1, -0.05) is 0 Å². The minimum atomic E-state index is -5.33. The standard InChI is InChI=1S/C10H5F6NO4/c11-9(12,13)8(20)17-5-2-1-4(7(18)19)3-6(5)21-10(14,15)16/h1-3H,(H,17,20)(H,18,19). The Bertz CT molecular complexity index is 566. The zero-order valence-electron chi connectivity index (χ0n) is 9.67. The Kier molecular flexibility index (Phi) is 4.35. The van der Waals surface area contributed by atoms with E-state index in [0.717, 1.165) is 5.32 Å². The SMILES string of the molecule is O=C(O)c1ccc(NC(=O)C(F)(F)F)c(OC(F)(F)F)c1. The van der Waals surface area contributed by atoms with Crippen LogP contribution in [0.3, 0.4) is 0 Å². The van der Waals surface area contributed by atoms with Gasteiger partial charge in [0.25, 0.3) is 0 Å². The Labute approximate surface area is 112 Å². The summed E-state index contributed by atoms with van der Waals surface area (Å²) in [7, 11) is 0. The van der Waals surface area contributed by atoms with Gasteiger partial charge in [-0.2, -0.15) is 13.2 Å². The summed E-state index contributed by atoms with van der Waals surface area (Å²) in [6.45, 7) is 0. The quantitative estimate of drug-likeness (QED) is 0.841. The molecule has 1 aromatic carbocycles. The highest BCUT2D eigenvalue weighted by Gasteiger charge is 2.40. The predicted molar refractivity (Wildman–Crippen MR) is 54.8 cm³/mol. The van der Waals surface area contributed by atoms with Gasteiger partial charge in [0.05, 0.1) is 11.3 Å². The molecule has 0 saturated carbocycles. The van der Waals surface area contributed by atoms with Crippen LogP contribution >= 0.6 is 0 Å². The molecule has 0 fully saturated rings. The lowest BCUT2D eigenvalue weighted by atomic mass is 10.2. The van der Waals surface area contributed by atoms with Gasteiger partial charge in [0, 0.05) is 0 Å². The van der Waals surface area contributed by atoms with Gasteiger partial charge in [0.15, 0.2) is 5.75 Å². The number of hydrogen-bond acceptors (Lipinski definition) is 3. The minimum Gasteiger partial charge on any atom is -0.478 e. The first-order chi connectivity index (χ1) is 9.40. The van der Waals surface area contributed by atoms with Gasteiger partial charge in [0.2, 0.25) is 0 Å². The van der Waals surface area contributed by atoms with Gasteiger partial charge in [-0.3, -0.25) is 4.79 Å². The number of alkyl halides is 6. The van der Waals surface area contributed by atoms with Crippen LogP contribution in [-0.2, 0) is 4.79 Å². The number of aromatic carboxylic acids is 1. The van der Waals surface area contributed by atoms with Crippen LogP contribution in [0.5, 0.6) is 5.75 Å². The topological polar surface area (TPSA) is 75.6 Å². The van der Waals surface area contributed by atoms with Gasteiger partial charge in [-0.05, 0) is 18.2 Å². The van der Waals surface area contributed by atoms with Crippen molar-refractivity contribution in [3.8, 4) is 5.75 Å². The summed E-state index contributed by atoms with van der Waals surface area (Å²) in [5.41, 5.74) is -1.64. The molecule has 21 heavy (non-hydrogen) atoms. The van der Waals surface area contributed by atoms with E-state index in [9.17, 15) is 35.9 Å². The zero-order chi connectivity index (χ0) is 16.4. The van der Waals surface area contributed by atoms with Crippen LogP contribution in [0.4, 0.5) is 32.0 Å². The summed E-state index contributed by atoms with van der Waals surface area (Å²) < 4.78 is 75.9. The first-order valence-electron chi connectivity index (χ1n) is 4.91. The number of halogens is 6. The van der Waals surface area contributed by atoms with Crippen molar-refractivity contribution in [2.24, 2.45) is 0 Å². The highest BCUT2D eigenvalue weighted by molar-refractivity contribution is 5.97. The largest absolute Gasteiger partial charge is 0.573 e. The van der Waals surface area contributed by atoms with Crippen LogP contribution in [0.15, 0.2) is 18.2 Å².